The fourth-order valence-electron chi connectivity index (χ4n) is 3.60. The van der Waals surface area contributed by atoms with Crippen LogP contribution in [0, 0.1) is 11.7 Å². The molecule has 4 rings (SSSR count). The monoisotopic (exact) mass is 451 g/mol. The Bertz CT molecular complexity index is 1140. The molecule has 8 nitrogen and oxygen atoms in total. The summed E-state index contributed by atoms with van der Waals surface area (Å²) in [5, 5.41) is 2.80. The highest BCUT2D eigenvalue weighted by molar-refractivity contribution is 5.92. The van der Waals surface area contributed by atoms with E-state index in [1.807, 2.05) is 0 Å². The van der Waals surface area contributed by atoms with Gasteiger partial charge < -0.3 is 19.5 Å². The van der Waals surface area contributed by atoms with Crippen LogP contribution in [0.1, 0.15) is 13.8 Å². The van der Waals surface area contributed by atoms with Gasteiger partial charge in [-0.05, 0) is 36.4 Å². The Morgan fingerprint density at radius 1 is 1.09 bits per heavy atom. The van der Waals surface area contributed by atoms with Gasteiger partial charge in [0, 0.05) is 36.3 Å². The number of hydrogen-bond donors (Lipinski definition) is 1. The molecule has 1 aliphatic rings. The second-order valence-electron chi connectivity index (χ2n) is 8.14. The minimum absolute atomic E-state index is 0.0370. The van der Waals surface area contributed by atoms with Gasteiger partial charge in [-0.15, -0.1) is 0 Å². The Kier molecular flexibility index (Phi) is 6.79. The summed E-state index contributed by atoms with van der Waals surface area (Å²) in [6, 6.07) is 9.59. The number of morpholine rings is 1. The van der Waals surface area contributed by atoms with Gasteiger partial charge in [-0.1, -0.05) is 13.8 Å². The first-order chi connectivity index (χ1) is 15.9. The Morgan fingerprint density at radius 3 is 2.52 bits per heavy atom. The molecule has 0 atom stereocenters. The standard InChI is InChI=1S/C24H26FN5O3/c1-16(2)24(32)28-20-13-18(7-8-26-20)23-22(17-3-5-19(25)6-4-17)27-15-30(23)14-21(31)29-9-11-33-12-10-29/h3-8,13,15-16H,9-12,14H2,1-2H3,(H,26,28,32). The van der Waals surface area contributed by atoms with Crippen molar-refractivity contribution >= 4 is 17.6 Å². The topological polar surface area (TPSA) is 89.4 Å². The van der Waals surface area contributed by atoms with Crippen LogP contribution in [0.2, 0.25) is 0 Å². The minimum atomic E-state index is -0.343. The molecule has 2 amide bonds. The summed E-state index contributed by atoms with van der Waals surface area (Å²) in [7, 11) is 0. The first-order valence-electron chi connectivity index (χ1n) is 10.9. The predicted molar refractivity (Wildman–Crippen MR) is 122 cm³/mol. The van der Waals surface area contributed by atoms with Crippen molar-refractivity contribution in [2.24, 2.45) is 5.92 Å². The molecule has 1 aromatic carbocycles. The maximum atomic E-state index is 13.5. The van der Waals surface area contributed by atoms with Crippen LogP contribution in [-0.2, 0) is 20.9 Å². The maximum Gasteiger partial charge on any atom is 0.242 e. The highest BCUT2D eigenvalue weighted by Gasteiger charge is 2.22. The number of rotatable bonds is 6. The van der Waals surface area contributed by atoms with E-state index in [4.69, 9.17) is 4.74 Å². The zero-order valence-corrected chi connectivity index (χ0v) is 18.6. The van der Waals surface area contributed by atoms with Crippen LogP contribution < -0.4 is 5.32 Å². The van der Waals surface area contributed by atoms with Crippen molar-refractivity contribution in [1.29, 1.82) is 0 Å². The number of benzene rings is 1. The molecule has 2 aromatic heterocycles. The summed E-state index contributed by atoms with van der Waals surface area (Å²) in [5.41, 5.74) is 2.74. The number of hydrogen-bond acceptors (Lipinski definition) is 5. The predicted octanol–water partition coefficient (Wildman–Crippen LogP) is 3.20. The van der Waals surface area contributed by atoms with Crippen LogP contribution in [-0.4, -0.2) is 57.6 Å². The number of carbonyl (C=O) groups excluding carboxylic acids is 2. The Labute approximate surface area is 191 Å². The molecule has 1 saturated heterocycles. The van der Waals surface area contributed by atoms with Crippen LogP contribution in [0.3, 0.4) is 0 Å². The third-order valence-electron chi connectivity index (χ3n) is 5.43. The van der Waals surface area contributed by atoms with E-state index in [2.05, 4.69) is 15.3 Å². The van der Waals surface area contributed by atoms with E-state index >= 15 is 0 Å². The Morgan fingerprint density at radius 2 is 1.82 bits per heavy atom. The van der Waals surface area contributed by atoms with Gasteiger partial charge in [-0.25, -0.2) is 14.4 Å². The molecule has 9 heteroatoms. The highest BCUT2D eigenvalue weighted by Crippen LogP contribution is 2.32. The van der Waals surface area contributed by atoms with Crippen molar-refractivity contribution < 1.29 is 18.7 Å². The van der Waals surface area contributed by atoms with E-state index in [0.717, 1.165) is 5.56 Å². The van der Waals surface area contributed by atoms with Gasteiger partial charge in [0.25, 0.3) is 0 Å². The number of nitrogens with one attached hydrogen (secondary N) is 1. The van der Waals surface area contributed by atoms with Crippen molar-refractivity contribution in [2.45, 2.75) is 20.4 Å². The lowest BCUT2D eigenvalue weighted by atomic mass is 10.1. The molecule has 1 aliphatic heterocycles. The zero-order valence-electron chi connectivity index (χ0n) is 18.6. The Balaban J connectivity index is 1.72. The van der Waals surface area contributed by atoms with E-state index in [0.29, 0.717) is 49.1 Å². The number of imidazole rings is 1. The van der Waals surface area contributed by atoms with Gasteiger partial charge in [0.2, 0.25) is 11.8 Å². The van der Waals surface area contributed by atoms with Crippen LogP contribution in [0.25, 0.3) is 22.5 Å². The number of nitrogens with zero attached hydrogens (tertiary/aromatic N) is 4. The largest absolute Gasteiger partial charge is 0.378 e. The lowest BCUT2D eigenvalue weighted by Gasteiger charge is -2.27. The van der Waals surface area contributed by atoms with Crippen LogP contribution in [0.5, 0.6) is 0 Å². The van der Waals surface area contributed by atoms with Crippen LogP contribution in [0.15, 0.2) is 48.9 Å². The summed E-state index contributed by atoms with van der Waals surface area (Å²) in [4.78, 5) is 35.7. The average molecular weight is 452 g/mol. The quantitative estimate of drug-likeness (QED) is 0.622. The molecule has 0 spiro atoms. The highest BCUT2D eigenvalue weighted by atomic mass is 19.1. The van der Waals surface area contributed by atoms with E-state index in [1.165, 1.54) is 12.1 Å². The van der Waals surface area contributed by atoms with Crippen molar-refractivity contribution in [2.75, 3.05) is 31.6 Å². The number of amides is 2. The fraction of sp³-hybridized carbons (Fsp3) is 0.333. The molecular formula is C24H26FN5O3. The van der Waals surface area contributed by atoms with Crippen LogP contribution in [0.4, 0.5) is 10.2 Å². The van der Waals surface area contributed by atoms with Crippen molar-refractivity contribution in [3.05, 3.63) is 54.7 Å². The minimum Gasteiger partial charge on any atom is -0.378 e. The first-order valence-corrected chi connectivity index (χ1v) is 10.9. The SMILES string of the molecule is CC(C)C(=O)Nc1cc(-c2c(-c3ccc(F)cc3)ncn2CC(=O)N2CCOCC2)ccn1. The third kappa shape index (κ3) is 5.25. The molecule has 0 radical (unpaired) electrons. The second kappa shape index (κ2) is 9.91. The third-order valence-corrected chi connectivity index (χ3v) is 5.43. The molecule has 172 valence electrons. The summed E-state index contributed by atoms with van der Waals surface area (Å²) in [6.07, 6.45) is 3.21. The van der Waals surface area contributed by atoms with Crippen molar-refractivity contribution in [3.63, 3.8) is 0 Å². The average Bonchev–Trinajstić information content (AvgIpc) is 3.23. The van der Waals surface area contributed by atoms with E-state index < -0.39 is 0 Å². The van der Waals surface area contributed by atoms with Gasteiger partial charge in [0.1, 0.15) is 18.2 Å². The number of anilines is 1. The molecule has 0 unspecified atom stereocenters. The molecule has 0 aliphatic carbocycles. The summed E-state index contributed by atoms with van der Waals surface area (Å²) < 4.78 is 20.6. The number of ether oxygens (including phenoxy) is 1. The van der Waals surface area contributed by atoms with Crippen LogP contribution >= 0.6 is 0 Å². The zero-order chi connectivity index (χ0) is 23.4. The number of carbonyl (C=O) groups is 2. The van der Waals surface area contributed by atoms with E-state index in [1.54, 1.807) is 60.1 Å². The number of aromatic nitrogens is 3. The van der Waals surface area contributed by atoms with Crippen molar-refractivity contribution in [1.82, 2.24) is 19.4 Å². The maximum absolute atomic E-state index is 13.5. The fourth-order valence-corrected chi connectivity index (χ4v) is 3.60. The van der Waals surface area contributed by atoms with E-state index in [-0.39, 0.29) is 30.1 Å². The molecular weight excluding hydrogens is 425 g/mol. The second-order valence-corrected chi connectivity index (χ2v) is 8.14. The van der Waals surface area contributed by atoms with Crippen molar-refractivity contribution in [3.8, 4) is 22.5 Å². The van der Waals surface area contributed by atoms with Gasteiger partial charge in [-0.2, -0.15) is 0 Å². The number of pyridine rings is 1. The van der Waals surface area contributed by atoms with Gasteiger partial charge in [-0.3, -0.25) is 9.59 Å². The molecule has 0 saturated carbocycles. The number of halogens is 1. The lowest BCUT2D eigenvalue weighted by Crippen LogP contribution is -2.42. The molecule has 33 heavy (non-hydrogen) atoms. The summed E-state index contributed by atoms with van der Waals surface area (Å²) in [5.74, 6) is -0.311. The smallest absolute Gasteiger partial charge is 0.242 e. The summed E-state index contributed by atoms with van der Waals surface area (Å²) >= 11 is 0. The van der Waals surface area contributed by atoms with Gasteiger partial charge in [0.15, 0.2) is 0 Å². The summed E-state index contributed by atoms with van der Waals surface area (Å²) in [6.45, 7) is 5.84. The molecule has 3 heterocycles. The lowest BCUT2D eigenvalue weighted by molar-refractivity contribution is -0.135. The molecule has 0 bridgehead atoms. The van der Waals surface area contributed by atoms with Gasteiger partial charge in [0.05, 0.1) is 30.9 Å². The normalized spacial score (nSPS) is 13.9. The molecule has 3 aromatic rings. The molecule has 1 N–H and O–H groups in total. The Hall–Kier alpha value is -3.59. The van der Waals surface area contributed by atoms with E-state index in [9.17, 15) is 14.0 Å². The molecule has 1 fully saturated rings. The van der Waals surface area contributed by atoms with Gasteiger partial charge >= 0.3 is 0 Å². The first kappa shape index (κ1) is 22.6.